The van der Waals surface area contributed by atoms with Crippen molar-refractivity contribution >= 4 is 5.69 Å². The molecule has 1 fully saturated rings. The maximum atomic E-state index is 10.4. The molecule has 0 aromatic heterocycles. The van der Waals surface area contributed by atoms with Crippen LogP contribution >= 0.6 is 0 Å². The van der Waals surface area contributed by atoms with Crippen LogP contribution in [0.1, 0.15) is 39.4 Å². The van der Waals surface area contributed by atoms with E-state index in [4.69, 9.17) is 10.5 Å². The summed E-state index contributed by atoms with van der Waals surface area (Å²) in [5.41, 5.74) is 6.91. The van der Waals surface area contributed by atoms with Crippen molar-refractivity contribution in [1.29, 1.82) is 0 Å². The predicted molar refractivity (Wildman–Crippen MR) is 81.5 cm³/mol. The Bertz CT molecular complexity index is 438. The van der Waals surface area contributed by atoms with Crippen molar-refractivity contribution in [1.82, 2.24) is 4.90 Å². The second-order valence-electron chi connectivity index (χ2n) is 6.97. The van der Waals surface area contributed by atoms with Gasteiger partial charge in [0.1, 0.15) is 0 Å². The number of β-amino-alcohol motifs (C(OH)–C–C–N with tert-alkyl or cyclic N) is 1. The van der Waals surface area contributed by atoms with Gasteiger partial charge in [-0.3, -0.25) is 4.90 Å². The molecule has 112 valence electrons. The van der Waals surface area contributed by atoms with Crippen LogP contribution in [0, 0.1) is 0 Å². The van der Waals surface area contributed by atoms with Crippen LogP contribution in [0.3, 0.4) is 0 Å². The number of nitrogen functional groups attached to an aromatic ring is 1. The Balaban J connectivity index is 2.03. The van der Waals surface area contributed by atoms with E-state index in [1.54, 1.807) is 0 Å². The van der Waals surface area contributed by atoms with Gasteiger partial charge in [0, 0.05) is 25.3 Å². The highest BCUT2D eigenvalue weighted by molar-refractivity contribution is 5.39. The topological polar surface area (TPSA) is 58.7 Å². The van der Waals surface area contributed by atoms with Crippen LogP contribution in [-0.4, -0.2) is 40.8 Å². The summed E-state index contributed by atoms with van der Waals surface area (Å²) in [6.45, 7) is 10.6. The molecule has 0 bridgehead atoms. The lowest BCUT2D eigenvalue weighted by Gasteiger charge is -2.47. The fourth-order valence-electron chi connectivity index (χ4n) is 3.14. The standard InChI is InChI=1S/C16H26N2O2/c1-15(2)10-18(11-16(3,4)20-15)9-14(19)12-5-7-13(17)8-6-12/h5-8,14,19H,9-11,17H2,1-4H3. The first kappa shape index (κ1) is 15.3. The summed E-state index contributed by atoms with van der Waals surface area (Å²) in [4.78, 5) is 2.27. The van der Waals surface area contributed by atoms with E-state index in [9.17, 15) is 5.11 Å². The van der Waals surface area contributed by atoms with Crippen LogP contribution < -0.4 is 5.73 Å². The van der Waals surface area contributed by atoms with Crippen LogP contribution in [0.4, 0.5) is 5.69 Å². The van der Waals surface area contributed by atoms with Gasteiger partial charge in [-0.25, -0.2) is 0 Å². The van der Waals surface area contributed by atoms with Crippen molar-refractivity contribution in [2.45, 2.75) is 45.0 Å². The van der Waals surface area contributed by atoms with Gasteiger partial charge in [-0.05, 0) is 45.4 Å². The van der Waals surface area contributed by atoms with E-state index in [0.29, 0.717) is 6.54 Å². The molecule has 0 amide bonds. The molecule has 1 aliphatic heterocycles. The number of aliphatic hydroxyl groups excluding tert-OH is 1. The number of aliphatic hydroxyl groups is 1. The molecule has 1 heterocycles. The van der Waals surface area contributed by atoms with Crippen molar-refractivity contribution in [3.8, 4) is 0 Å². The van der Waals surface area contributed by atoms with E-state index in [-0.39, 0.29) is 11.2 Å². The zero-order valence-electron chi connectivity index (χ0n) is 12.9. The van der Waals surface area contributed by atoms with Crippen LogP contribution in [0.5, 0.6) is 0 Å². The fourth-order valence-corrected chi connectivity index (χ4v) is 3.14. The monoisotopic (exact) mass is 278 g/mol. The predicted octanol–water partition coefficient (Wildman–Crippen LogP) is 2.19. The highest BCUT2D eigenvalue weighted by Crippen LogP contribution is 2.29. The highest BCUT2D eigenvalue weighted by Gasteiger charge is 2.38. The molecular formula is C16H26N2O2. The molecule has 1 aromatic rings. The summed E-state index contributed by atoms with van der Waals surface area (Å²) < 4.78 is 6.05. The van der Waals surface area contributed by atoms with E-state index >= 15 is 0 Å². The Labute approximate surface area is 121 Å². The third-order valence-corrected chi connectivity index (χ3v) is 3.51. The summed E-state index contributed by atoms with van der Waals surface area (Å²) >= 11 is 0. The van der Waals surface area contributed by atoms with Crippen molar-refractivity contribution in [3.05, 3.63) is 29.8 Å². The third-order valence-electron chi connectivity index (χ3n) is 3.51. The number of benzene rings is 1. The minimum Gasteiger partial charge on any atom is -0.399 e. The maximum Gasteiger partial charge on any atom is 0.0916 e. The van der Waals surface area contributed by atoms with E-state index in [1.807, 2.05) is 24.3 Å². The molecule has 3 N–H and O–H groups in total. The zero-order chi connectivity index (χ0) is 15.0. The van der Waals surface area contributed by atoms with Crippen molar-refractivity contribution < 1.29 is 9.84 Å². The van der Waals surface area contributed by atoms with Gasteiger partial charge in [-0.2, -0.15) is 0 Å². The van der Waals surface area contributed by atoms with Gasteiger partial charge in [0.05, 0.1) is 17.3 Å². The number of hydrogen-bond donors (Lipinski definition) is 2. The molecule has 1 unspecified atom stereocenters. The Morgan fingerprint density at radius 1 is 1.15 bits per heavy atom. The summed E-state index contributed by atoms with van der Waals surface area (Å²) in [5.74, 6) is 0. The first-order chi connectivity index (χ1) is 9.17. The van der Waals surface area contributed by atoms with Gasteiger partial charge in [0.15, 0.2) is 0 Å². The molecule has 1 aliphatic rings. The lowest BCUT2D eigenvalue weighted by Crippen LogP contribution is -2.57. The minimum atomic E-state index is -0.500. The van der Waals surface area contributed by atoms with Gasteiger partial charge >= 0.3 is 0 Å². The van der Waals surface area contributed by atoms with E-state index in [2.05, 4.69) is 32.6 Å². The Morgan fingerprint density at radius 2 is 1.65 bits per heavy atom. The van der Waals surface area contributed by atoms with Gasteiger partial charge in [-0.1, -0.05) is 12.1 Å². The average Bonchev–Trinajstić information content (AvgIpc) is 2.25. The number of nitrogens with two attached hydrogens (primary N) is 1. The largest absolute Gasteiger partial charge is 0.399 e. The summed E-state index contributed by atoms with van der Waals surface area (Å²) in [5, 5.41) is 10.4. The van der Waals surface area contributed by atoms with Crippen LogP contribution in [0.15, 0.2) is 24.3 Å². The Morgan fingerprint density at radius 3 is 2.15 bits per heavy atom. The molecule has 1 aromatic carbocycles. The van der Waals surface area contributed by atoms with Crippen LogP contribution in [0.2, 0.25) is 0 Å². The number of ether oxygens (including phenoxy) is 1. The Kier molecular flexibility index (Phi) is 4.09. The molecule has 4 nitrogen and oxygen atoms in total. The van der Waals surface area contributed by atoms with Crippen molar-refractivity contribution in [3.63, 3.8) is 0 Å². The summed E-state index contributed by atoms with van der Waals surface area (Å²) in [6, 6.07) is 7.42. The van der Waals surface area contributed by atoms with E-state index in [0.717, 1.165) is 24.3 Å². The second-order valence-corrected chi connectivity index (χ2v) is 6.97. The minimum absolute atomic E-state index is 0.192. The molecule has 1 atom stereocenters. The van der Waals surface area contributed by atoms with Crippen molar-refractivity contribution in [2.75, 3.05) is 25.4 Å². The number of morpholine rings is 1. The summed E-state index contributed by atoms with van der Waals surface area (Å²) in [7, 11) is 0. The normalized spacial score (nSPS) is 23.4. The molecule has 0 saturated carbocycles. The molecule has 0 aliphatic carbocycles. The Hall–Kier alpha value is -1.10. The lowest BCUT2D eigenvalue weighted by molar-refractivity contribution is -0.183. The van der Waals surface area contributed by atoms with E-state index in [1.165, 1.54) is 0 Å². The van der Waals surface area contributed by atoms with Crippen LogP contribution in [-0.2, 0) is 4.74 Å². The first-order valence-corrected chi connectivity index (χ1v) is 7.13. The number of rotatable bonds is 3. The molecule has 2 rings (SSSR count). The van der Waals surface area contributed by atoms with Gasteiger partial charge in [-0.15, -0.1) is 0 Å². The average molecular weight is 278 g/mol. The molecule has 4 heteroatoms. The molecule has 1 saturated heterocycles. The lowest BCUT2D eigenvalue weighted by atomic mass is 9.98. The van der Waals surface area contributed by atoms with Gasteiger partial charge < -0.3 is 15.6 Å². The molecule has 20 heavy (non-hydrogen) atoms. The SMILES string of the molecule is CC1(C)CN(CC(O)c2ccc(N)cc2)CC(C)(C)O1. The second kappa shape index (κ2) is 5.35. The van der Waals surface area contributed by atoms with Crippen LogP contribution in [0.25, 0.3) is 0 Å². The smallest absolute Gasteiger partial charge is 0.0916 e. The third kappa shape index (κ3) is 3.95. The molecule has 0 spiro atoms. The van der Waals surface area contributed by atoms with Gasteiger partial charge in [0.2, 0.25) is 0 Å². The quantitative estimate of drug-likeness (QED) is 0.832. The highest BCUT2D eigenvalue weighted by atomic mass is 16.5. The first-order valence-electron chi connectivity index (χ1n) is 7.13. The van der Waals surface area contributed by atoms with Gasteiger partial charge in [0.25, 0.3) is 0 Å². The van der Waals surface area contributed by atoms with Crippen molar-refractivity contribution in [2.24, 2.45) is 0 Å². The number of nitrogens with zero attached hydrogens (tertiary/aromatic N) is 1. The van der Waals surface area contributed by atoms with E-state index < -0.39 is 6.10 Å². The number of anilines is 1. The maximum absolute atomic E-state index is 10.4. The molecule has 0 radical (unpaired) electrons. The summed E-state index contributed by atoms with van der Waals surface area (Å²) in [6.07, 6.45) is -0.500. The zero-order valence-corrected chi connectivity index (χ0v) is 12.9. The number of hydrogen-bond acceptors (Lipinski definition) is 4. The molecular weight excluding hydrogens is 252 g/mol. The fraction of sp³-hybridized carbons (Fsp3) is 0.625.